The van der Waals surface area contributed by atoms with Gasteiger partial charge in [0, 0.05) is 0 Å². The van der Waals surface area contributed by atoms with Crippen LogP contribution >= 0.6 is 0 Å². The lowest BCUT2D eigenvalue weighted by Gasteiger charge is -2.23. The zero-order valence-electron chi connectivity index (χ0n) is 16.6. The third-order valence-electron chi connectivity index (χ3n) is 4.30. The van der Waals surface area contributed by atoms with E-state index in [1.165, 1.54) is 52.3 Å². The van der Waals surface area contributed by atoms with Crippen molar-refractivity contribution in [3.05, 3.63) is 59.7 Å². The average molecular weight is 398 g/mol. The molecule has 0 aliphatic heterocycles. The zero-order chi connectivity index (χ0) is 21.6. The molecule has 0 unspecified atom stereocenters. The Morgan fingerprint density at radius 1 is 0.690 bits per heavy atom. The second kappa shape index (κ2) is 9.01. The van der Waals surface area contributed by atoms with Crippen molar-refractivity contribution >= 4 is 35.1 Å². The van der Waals surface area contributed by atoms with Gasteiger partial charge in [0.1, 0.15) is 5.41 Å². The van der Waals surface area contributed by atoms with Crippen molar-refractivity contribution in [2.45, 2.75) is 13.8 Å². The first-order chi connectivity index (χ1) is 13.7. The molecular weight excluding hydrogens is 376 g/mol. The summed E-state index contributed by atoms with van der Waals surface area (Å²) in [5.41, 5.74) is -0.751. The lowest BCUT2D eigenvalue weighted by molar-refractivity contribution is -0.135. The van der Waals surface area contributed by atoms with Crippen LogP contribution in [0.25, 0.3) is 0 Å². The maximum absolute atomic E-state index is 12.8. The van der Waals surface area contributed by atoms with Crippen LogP contribution in [-0.4, -0.2) is 38.0 Å². The number of benzene rings is 2. The molecule has 8 heteroatoms. The van der Waals surface area contributed by atoms with Crippen molar-refractivity contribution in [3.8, 4) is 0 Å². The second-order valence-electron chi connectivity index (χ2n) is 6.61. The van der Waals surface area contributed by atoms with Crippen LogP contribution < -0.4 is 10.6 Å². The molecule has 0 spiro atoms. The second-order valence-corrected chi connectivity index (χ2v) is 6.61. The number of methoxy groups -OCH3 is 2. The Labute approximate surface area is 168 Å². The third-order valence-corrected chi connectivity index (χ3v) is 4.30. The molecule has 29 heavy (non-hydrogen) atoms. The van der Waals surface area contributed by atoms with E-state index in [0.29, 0.717) is 0 Å². The van der Waals surface area contributed by atoms with Crippen molar-refractivity contribution in [3.63, 3.8) is 0 Å². The molecule has 2 rings (SSSR count). The minimum absolute atomic E-state index is 0.163. The van der Waals surface area contributed by atoms with E-state index in [1.807, 2.05) is 0 Å². The molecule has 0 aromatic heterocycles. The lowest BCUT2D eigenvalue weighted by Crippen LogP contribution is -2.42. The SMILES string of the molecule is COC(=O)c1ccccc1NC(=O)C(C)(C)C(=O)Nc1ccccc1C(=O)OC. The largest absolute Gasteiger partial charge is 0.465 e. The topological polar surface area (TPSA) is 111 Å². The van der Waals surface area contributed by atoms with Crippen molar-refractivity contribution in [2.24, 2.45) is 5.41 Å². The molecule has 0 aliphatic rings. The van der Waals surface area contributed by atoms with Crippen LogP contribution in [0.2, 0.25) is 0 Å². The third kappa shape index (κ3) is 4.78. The molecule has 0 heterocycles. The molecular formula is C21H22N2O6. The minimum atomic E-state index is -1.52. The Hall–Kier alpha value is -3.68. The summed E-state index contributed by atoms with van der Waals surface area (Å²) in [6.45, 7) is 2.86. The fourth-order valence-corrected chi connectivity index (χ4v) is 2.42. The van der Waals surface area contributed by atoms with E-state index in [4.69, 9.17) is 9.47 Å². The molecule has 0 saturated carbocycles. The van der Waals surface area contributed by atoms with Gasteiger partial charge >= 0.3 is 11.9 Å². The van der Waals surface area contributed by atoms with Gasteiger partial charge in [-0.25, -0.2) is 9.59 Å². The van der Waals surface area contributed by atoms with Gasteiger partial charge in [-0.2, -0.15) is 0 Å². The van der Waals surface area contributed by atoms with E-state index in [-0.39, 0.29) is 22.5 Å². The Morgan fingerprint density at radius 3 is 1.38 bits per heavy atom. The van der Waals surface area contributed by atoms with Crippen LogP contribution in [0.15, 0.2) is 48.5 Å². The summed E-state index contributed by atoms with van der Waals surface area (Å²) in [4.78, 5) is 49.3. The number of carbonyl (C=O) groups is 4. The van der Waals surface area contributed by atoms with Crippen LogP contribution in [0, 0.1) is 5.41 Å². The van der Waals surface area contributed by atoms with Gasteiger partial charge in [0.2, 0.25) is 11.8 Å². The van der Waals surface area contributed by atoms with E-state index >= 15 is 0 Å². The van der Waals surface area contributed by atoms with Gasteiger partial charge in [0.15, 0.2) is 0 Å². The van der Waals surface area contributed by atoms with Gasteiger partial charge in [-0.05, 0) is 38.1 Å². The molecule has 0 saturated heterocycles. The first-order valence-electron chi connectivity index (χ1n) is 8.70. The van der Waals surface area contributed by atoms with E-state index in [9.17, 15) is 19.2 Å². The van der Waals surface area contributed by atoms with Gasteiger partial charge in [-0.15, -0.1) is 0 Å². The van der Waals surface area contributed by atoms with Gasteiger partial charge < -0.3 is 20.1 Å². The number of nitrogens with one attached hydrogen (secondary N) is 2. The number of carbonyl (C=O) groups excluding carboxylic acids is 4. The van der Waals surface area contributed by atoms with E-state index in [1.54, 1.807) is 24.3 Å². The predicted octanol–water partition coefficient (Wildman–Crippen LogP) is 2.86. The number of rotatable bonds is 6. The normalized spacial score (nSPS) is 10.6. The molecule has 2 aromatic rings. The highest BCUT2D eigenvalue weighted by Gasteiger charge is 2.37. The predicted molar refractivity (Wildman–Crippen MR) is 107 cm³/mol. The standard InChI is InChI=1S/C21H22N2O6/c1-21(2,19(26)22-15-11-7-5-9-13(15)17(24)28-3)20(27)23-16-12-8-6-10-14(16)18(25)29-4/h5-12H,1-4H3,(H,22,26)(H,23,27). The Bertz CT molecular complexity index is 876. The number of para-hydroxylation sites is 2. The van der Waals surface area contributed by atoms with Gasteiger partial charge in [-0.3, -0.25) is 9.59 Å². The summed E-state index contributed by atoms with van der Waals surface area (Å²) in [6, 6.07) is 12.6. The molecule has 152 valence electrons. The number of hydrogen-bond acceptors (Lipinski definition) is 6. The molecule has 0 bridgehead atoms. The van der Waals surface area contributed by atoms with Crippen LogP contribution in [0.3, 0.4) is 0 Å². The molecule has 0 fully saturated rings. The highest BCUT2D eigenvalue weighted by Crippen LogP contribution is 2.25. The van der Waals surface area contributed by atoms with E-state index in [2.05, 4.69) is 10.6 Å². The molecule has 2 N–H and O–H groups in total. The fourth-order valence-electron chi connectivity index (χ4n) is 2.42. The minimum Gasteiger partial charge on any atom is -0.465 e. The Kier molecular flexibility index (Phi) is 6.71. The fraction of sp³-hybridized carbons (Fsp3) is 0.238. The van der Waals surface area contributed by atoms with Crippen molar-refractivity contribution in [1.82, 2.24) is 0 Å². The van der Waals surface area contributed by atoms with E-state index < -0.39 is 29.2 Å². The Morgan fingerprint density at radius 2 is 1.03 bits per heavy atom. The van der Waals surface area contributed by atoms with Gasteiger partial charge in [-0.1, -0.05) is 24.3 Å². The quantitative estimate of drug-likeness (QED) is 0.572. The highest BCUT2D eigenvalue weighted by molar-refractivity contribution is 6.16. The molecule has 0 atom stereocenters. The van der Waals surface area contributed by atoms with Crippen LogP contribution in [0.5, 0.6) is 0 Å². The summed E-state index contributed by atoms with van der Waals surface area (Å²) >= 11 is 0. The van der Waals surface area contributed by atoms with Gasteiger partial charge in [0.25, 0.3) is 0 Å². The van der Waals surface area contributed by atoms with Crippen molar-refractivity contribution in [1.29, 1.82) is 0 Å². The molecule has 8 nitrogen and oxygen atoms in total. The van der Waals surface area contributed by atoms with Gasteiger partial charge in [0.05, 0.1) is 36.7 Å². The van der Waals surface area contributed by atoms with E-state index in [0.717, 1.165) is 0 Å². The van der Waals surface area contributed by atoms with Crippen LogP contribution in [-0.2, 0) is 19.1 Å². The Balaban J connectivity index is 2.23. The summed E-state index contributed by atoms with van der Waals surface area (Å²) in [5.74, 6) is -2.51. The monoisotopic (exact) mass is 398 g/mol. The zero-order valence-corrected chi connectivity index (χ0v) is 16.6. The lowest BCUT2D eigenvalue weighted by atomic mass is 9.90. The summed E-state index contributed by atoms with van der Waals surface area (Å²) in [6.07, 6.45) is 0. The number of ether oxygens (including phenoxy) is 2. The summed E-state index contributed by atoms with van der Waals surface area (Å²) in [5, 5.41) is 5.18. The van der Waals surface area contributed by atoms with Crippen LogP contribution in [0.4, 0.5) is 11.4 Å². The maximum atomic E-state index is 12.8. The summed E-state index contributed by atoms with van der Waals surface area (Å²) < 4.78 is 9.41. The van der Waals surface area contributed by atoms with Crippen molar-refractivity contribution < 1.29 is 28.7 Å². The number of anilines is 2. The van der Waals surface area contributed by atoms with Crippen LogP contribution in [0.1, 0.15) is 34.6 Å². The maximum Gasteiger partial charge on any atom is 0.339 e. The number of hydrogen-bond donors (Lipinski definition) is 2. The average Bonchev–Trinajstić information content (AvgIpc) is 2.73. The smallest absolute Gasteiger partial charge is 0.339 e. The molecule has 2 amide bonds. The highest BCUT2D eigenvalue weighted by atomic mass is 16.5. The molecule has 0 radical (unpaired) electrons. The molecule has 0 aliphatic carbocycles. The first-order valence-corrected chi connectivity index (χ1v) is 8.70. The first kappa shape index (κ1) is 21.6. The molecule has 2 aromatic carbocycles. The summed E-state index contributed by atoms with van der Waals surface area (Å²) in [7, 11) is 2.47. The number of esters is 2. The number of amides is 2. The van der Waals surface area contributed by atoms with Crippen molar-refractivity contribution in [2.75, 3.05) is 24.9 Å².